The van der Waals surface area contributed by atoms with Crippen molar-refractivity contribution in [2.75, 3.05) is 12.8 Å². The molecule has 0 radical (unpaired) electrons. The SMILES string of the molecule is CSC1(CNCc2ccc(Br)cc2[N+](=O)[O-])CCC1. The first-order valence-electron chi connectivity index (χ1n) is 6.25. The highest BCUT2D eigenvalue weighted by molar-refractivity contribution is 9.10. The van der Waals surface area contributed by atoms with Crippen LogP contribution in [-0.2, 0) is 6.54 Å². The van der Waals surface area contributed by atoms with E-state index < -0.39 is 0 Å². The van der Waals surface area contributed by atoms with Crippen LogP contribution in [0.3, 0.4) is 0 Å². The Bertz CT molecular complexity index is 472. The minimum Gasteiger partial charge on any atom is -0.311 e. The molecule has 1 aliphatic carbocycles. The first kappa shape index (κ1) is 14.8. The molecule has 6 heteroatoms. The quantitative estimate of drug-likeness (QED) is 0.630. The van der Waals surface area contributed by atoms with Gasteiger partial charge in [0.05, 0.1) is 4.92 Å². The van der Waals surface area contributed by atoms with E-state index in [9.17, 15) is 10.1 Å². The molecule has 1 aromatic rings. The van der Waals surface area contributed by atoms with E-state index >= 15 is 0 Å². The molecular formula is C13H17BrN2O2S. The average Bonchev–Trinajstić information content (AvgIpc) is 2.34. The smallest absolute Gasteiger partial charge is 0.275 e. The lowest BCUT2D eigenvalue weighted by Gasteiger charge is -2.40. The van der Waals surface area contributed by atoms with Crippen LogP contribution in [0.1, 0.15) is 24.8 Å². The Labute approximate surface area is 125 Å². The van der Waals surface area contributed by atoms with E-state index in [4.69, 9.17) is 0 Å². The summed E-state index contributed by atoms with van der Waals surface area (Å²) >= 11 is 5.17. The highest BCUT2D eigenvalue weighted by atomic mass is 79.9. The van der Waals surface area contributed by atoms with E-state index in [1.807, 2.05) is 23.9 Å². The fourth-order valence-corrected chi connectivity index (χ4v) is 3.60. The molecule has 1 aromatic carbocycles. The summed E-state index contributed by atoms with van der Waals surface area (Å²) in [6.45, 7) is 1.47. The molecule has 0 aromatic heterocycles. The van der Waals surface area contributed by atoms with Crippen molar-refractivity contribution < 1.29 is 4.92 Å². The minimum absolute atomic E-state index is 0.175. The second-order valence-electron chi connectivity index (χ2n) is 4.87. The summed E-state index contributed by atoms with van der Waals surface area (Å²) in [5, 5.41) is 14.4. The first-order chi connectivity index (χ1) is 9.06. The van der Waals surface area contributed by atoms with Gasteiger partial charge in [-0.3, -0.25) is 10.1 Å². The Morgan fingerprint density at radius 1 is 1.53 bits per heavy atom. The van der Waals surface area contributed by atoms with Crippen molar-refractivity contribution in [3.8, 4) is 0 Å². The van der Waals surface area contributed by atoms with Gasteiger partial charge in [-0.2, -0.15) is 11.8 Å². The zero-order valence-electron chi connectivity index (χ0n) is 10.8. The number of nitro groups is 1. The molecule has 1 N–H and O–H groups in total. The molecule has 19 heavy (non-hydrogen) atoms. The number of benzene rings is 1. The third-order valence-electron chi connectivity index (χ3n) is 3.70. The molecule has 1 saturated carbocycles. The lowest BCUT2D eigenvalue weighted by molar-refractivity contribution is -0.385. The number of halogens is 1. The van der Waals surface area contributed by atoms with Crippen molar-refractivity contribution in [2.24, 2.45) is 0 Å². The molecule has 0 amide bonds. The third-order valence-corrected chi connectivity index (χ3v) is 5.62. The fourth-order valence-electron chi connectivity index (χ4n) is 2.31. The summed E-state index contributed by atoms with van der Waals surface area (Å²) in [6, 6.07) is 5.21. The predicted molar refractivity (Wildman–Crippen MR) is 82.6 cm³/mol. The van der Waals surface area contributed by atoms with Crippen molar-refractivity contribution >= 4 is 33.4 Å². The lowest BCUT2D eigenvalue weighted by atomic mass is 9.84. The fraction of sp³-hybridized carbons (Fsp3) is 0.538. The minimum atomic E-state index is -0.324. The van der Waals surface area contributed by atoms with Gasteiger partial charge in [-0.05, 0) is 31.2 Å². The maximum Gasteiger partial charge on any atom is 0.275 e. The highest BCUT2D eigenvalue weighted by Gasteiger charge is 2.35. The number of thioether (sulfide) groups is 1. The first-order valence-corrected chi connectivity index (χ1v) is 8.27. The Balaban J connectivity index is 1.97. The second-order valence-corrected chi connectivity index (χ2v) is 7.06. The van der Waals surface area contributed by atoms with Crippen molar-refractivity contribution in [1.29, 1.82) is 0 Å². The van der Waals surface area contributed by atoms with E-state index in [1.165, 1.54) is 19.3 Å². The third kappa shape index (κ3) is 3.49. The van der Waals surface area contributed by atoms with E-state index in [1.54, 1.807) is 6.07 Å². The number of hydrogen-bond acceptors (Lipinski definition) is 4. The molecule has 0 heterocycles. The highest BCUT2D eigenvalue weighted by Crippen LogP contribution is 2.42. The van der Waals surface area contributed by atoms with Gasteiger partial charge in [0, 0.05) is 33.9 Å². The van der Waals surface area contributed by atoms with Gasteiger partial charge in [0.1, 0.15) is 0 Å². The molecule has 0 bridgehead atoms. The van der Waals surface area contributed by atoms with Crippen LogP contribution in [0, 0.1) is 10.1 Å². The molecule has 104 valence electrons. The summed E-state index contributed by atoms with van der Waals surface area (Å²) in [5.74, 6) is 0. The maximum absolute atomic E-state index is 11.0. The normalized spacial score (nSPS) is 16.9. The number of rotatable bonds is 6. The summed E-state index contributed by atoms with van der Waals surface area (Å²) < 4.78 is 1.09. The topological polar surface area (TPSA) is 55.2 Å². The summed E-state index contributed by atoms with van der Waals surface area (Å²) in [4.78, 5) is 10.7. The van der Waals surface area contributed by atoms with Gasteiger partial charge in [0.25, 0.3) is 5.69 Å². The van der Waals surface area contributed by atoms with Crippen molar-refractivity contribution in [3.05, 3.63) is 38.3 Å². The van der Waals surface area contributed by atoms with E-state index in [2.05, 4.69) is 27.5 Å². The monoisotopic (exact) mass is 344 g/mol. The second kappa shape index (κ2) is 6.24. The van der Waals surface area contributed by atoms with Gasteiger partial charge in [-0.25, -0.2) is 0 Å². The Morgan fingerprint density at radius 2 is 2.26 bits per heavy atom. The van der Waals surface area contributed by atoms with E-state index in [0.717, 1.165) is 16.6 Å². The molecule has 0 atom stereocenters. The summed E-state index contributed by atoms with van der Waals surface area (Å²) in [5.41, 5.74) is 0.914. The van der Waals surface area contributed by atoms with Crippen LogP contribution in [0.4, 0.5) is 5.69 Å². The Morgan fingerprint density at radius 3 is 2.79 bits per heavy atom. The van der Waals surface area contributed by atoms with Crippen LogP contribution >= 0.6 is 27.7 Å². The summed E-state index contributed by atoms with van der Waals surface area (Å²) in [6.07, 6.45) is 5.91. The average molecular weight is 345 g/mol. The zero-order chi connectivity index (χ0) is 13.9. The van der Waals surface area contributed by atoms with Crippen LogP contribution in [0.25, 0.3) is 0 Å². The van der Waals surface area contributed by atoms with Gasteiger partial charge in [-0.1, -0.05) is 22.4 Å². The van der Waals surface area contributed by atoms with Gasteiger partial charge < -0.3 is 5.32 Å². The molecule has 4 nitrogen and oxygen atoms in total. The van der Waals surface area contributed by atoms with Gasteiger partial charge >= 0.3 is 0 Å². The molecule has 0 saturated heterocycles. The summed E-state index contributed by atoms with van der Waals surface area (Å²) in [7, 11) is 0. The Hall–Kier alpha value is -0.590. The molecule has 0 spiro atoms. The molecular weight excluding hydrogens is 328 g/mol. The molecule has 1 fully saturated rings. The molecule has 0 aliphatic heterocycles. The predicted octanol–water partition coefficient (Wildman–Crippen LogP) is 3.73. The molecule has 1 aliphatic rings. The number of nitrogens with zero attached hydrogens (tertiary/aromatic N) is 1. The van der Waals surface area contributed by atoms with Gasteiger partial charge in [0.15, 0.2) is 0 Å². The largest absolute Gasteiger partial charge is 0.311 e. The van der Waals surface area contributed by atoms with Crippen molar-refractivity contribution in [1.82, 2.24) is 5.32 Å². The van der Waals surface area contributed by atoms with E-state index in [0.29, 0.717) is 11.3 Å². The number of nitrogens with one attached hydrogen (secondary N) is 1. The maximum atomic E-state index is 11.0. The van der Waals surface area contributed by atoms with Crippen molar-refractivity contribution in [2.45, 2.75) is 30.6 Å². The van der Waals surface area contributed by atoms with Crippen LogP contribution in [-0.4, -0.2) is 22.5 Å². The molecule has 2 rings (SSSR count). The van der Waals surface area contributed by atoms with Crippen LogP contribution in [0.15, 0.2) is 22.7 Å². The zero-order valence-corrected chi connectivity index (χ0v) is 13.2. The standard InChI is InChI=1S/C13H17BrN2O2S/c1-19-13(5-2-6-13)9-15-8-10-3-4-11(14)7-12(10)16(17)18/h3-4,7,15H,2,5-6,8-9H2,1H3. The van der Waals surface area contributed by atoms with Gasteiger partial charge in [0.2, 0.25) is 0 Å². The number of nitro benzene ring substituents is 1. The van der Waals surface area contributed by atoms with Crippen LogP contribution in [0.5, 0.6) is 0 Å². The van der Waals surface area contributed by atoms with Crippen LogP contribution < -0.4 is 5.32 Å². The van der Waals surface area contributed by atoms with Crippen LogP contribution in [0.2, 0.25) is 0 Å². The molecule has 0 unspecified atom stereocenters. The van der Waals surface area contributed by atoms with E-state index in [-0.39, 0.29) is 10.6 Å². The van der Waals surface area contributed by atoms with Crippen molar-refractivity contribution in [3.63, 3.8) is 0 Å². The van der Waals surface area contributed by atoms with Gasteiger partial charge in [-0.15, -0.1) is 0 Å². The number of hydrogen-bond donors (Lipinski definition) is 1. The lowest BCUT2D eigenvalue weighted by Crippen LogP contribution is -2.43. The Kier molecular flexibility index (Phi) is 4.86.